The lowest BCUT2D eigenvalue weighted by Crippen LogP contribution is -2.16. The van der Waals surface area contributed by atoms with Gasteiger partial charge in [0.25, 0.3) is 10.0 Å². The second-order valence-corrected chi connectivity index (χ2v) is 8.09. The topological polar surface area (TPSA) is 80.3 Å². The smallest absolute Gasteiger partial charge is 0.267 e. The third-order valence-corrected chi connectivity index (χ3v) is 5.28. The Balaban J connectivity index is 2.38. The lowest BCUT2D eigenvalue weighted by molar-refractivity contribution is 0.521. The van der Waals surface area contributed by atoms with Gasteiger partial charge in [0.15, 0.2) is 14.7 Å². The van der Waals surface area contributed by atoms with Gasteiger partial charge in [0.2, 0.25) is 0 Å². The van der Waals surface area contributed by atoms with E-state index in [9.17, 15) is 25.6 Å². The van der Waals surface area contributed by atoms with Crippen molar-refractivity contribution in [2.45, 2.75) is 9.79 Å². The average Bonchev–Trinajstić information content (AvgIpc) is 2.37. The van der Waals surface area contributed by atoms with E-state index in [0.717, 1.165) is 24.5 Å². The van der Waals surface area contributed by atoms with Crippen LogP contribution < -0.4 is 4.72 Å². The molecule has 0 bridgehead atoms. The van der Waals surface area contributed by atoms with Crippen molar-refractivity contribution >= 4 is 25.5 Å². The predicted octanol–water partition coefficient (Wildman–Crippen LogP) is 2.17. The van der Waals surface area contributed by atoms with Crippen LogP contribution >= 0.6 is 0 Å². The van der Waals surface area contributed by atoms with Gasteiger partial charge in [-0.15, -0.1) is 0 Å². The number of hydrogen-bond donors (Lipinski definition) is 1. The van der Waals surface area contributed by atoms with Crippen molar-refractivity contribution in [2.75, 3.05) is 11.0 Å². The SMILES string of the molecule is CS(=O)(=O)c1ccc(NS(=O)(=O)c2c(F)cccc2F)cc1. The molecule has 0 unspecified atom stereocenters. The third kappa shape index (κ3) is 3.42. The molecule has 9 heteroatoms. The Labute approximate surface area is 126 Å². The molecule has 118 valence electrons. The molecule has 2 rings (SSSR count). The average molecular weight is 347 g/mol. The fourth-order valence-corrected chi connectivity index (χ4v) is 3.54. The molecule has 0 fully saturated rings. The van der Waals surface area contributed by atoms with Crippen LogP contribution in [-0.4, -0.2) is 23.1 Å². The Kier molecular flexibility index (Phi) is 4.21. The summed E-state index contributed by atoms with van der Waals surface area (Å²) in [5.74, 6) is -2.44. The van der Waals surface area contributed by atoms with E-state index in [-0.39, 0.29) is 10.6 Å². The highest BCUT2D eigenvalue weighted by molar-refractivity contribution is 7.92. The van der Waals surface area contributed by atoms with Crippen LogP contribution in [-0.2, 0) is 19.9 Å². The molecule has 0 atom stereocenters. The monoisotopic (exact) mass is 347 g/mol. The maximum atomic E-state index is 13.5. The molecular weight excluding hydrogens is 336 g/mol. The number of rotatable bonds is 4. The van der Waals surface area contributed by atoms with Crippen LogP contribution in [0.2, 0.25) is 0 Å². The zero-order valence-electron chi connectivity index (χ0n) is 11.2. The molecule has 0 radical (unpaired) electrons. The summed E-state index contributed by atoms with van der Waals surface area (Å²) < 4.78 is 75.7. The van der Waals surface area contributed by atoms with Gasteiger partial charge in [-0.3, -0.25) is 4.72 Å². The fraction of sp³-hybridized carbons (Fsp3) is 0.0769. The molecule has 0 saturated carbocycles. The Morgan fingerprint density at radius 2 is 1.36 bits per heavy atom. The lowest BCUT2D eigenvalue weighted by atomic mass is 10.3. The molecule has 0 spiro atoms. The first-order chi connectivity index (χ1) is 10.1. The molecule has 0 heterocycles. The van der Waals surface area contributed by atoms with Crippen LogP contribution in [0.15, 0.2) is 52.3 Å². The summed E-state index contributed by atoms with van der Waals surface area (Å²) in [7, 11) is -7.90. The number of nitrogens with one attached hydrogen (secondary N) is 1. The summed E-state index contributed by atoms with van der Waals surface area (Å²) in [6.07, 6.45) is 1.00. The Hall–Kier alpha value is -2.00. The highest BCUT2D eigenvalue weighted by atomic mass is 32.2. The van der Waals surface area contributed by atoms with Gasteiger partial charge in [0.05, 0.1) is 4.90 Å². The summed E-state index contributed by atoms with van der Waals surface area (Å²) in [6.45, 7) is 0. The summed E-state index contributed by atoms with van der Waals surface area (Å²) in [5.41, 5.74) is -0.0185. The molecule has 5 nitrogen and oxygen atoms in total. The van der Waals surface area contributed by atoms with Crippen LogP contribution in [0, 0.1) is 11.6 Å². The number of benzene rings is 2. The second-order valence-electron chi connectivity index (χ2n) is 4.45. The van der Waals surface area contributed by atoms with Gasteiger partial charge in [-0.1, -0.05) is 6.07 Å². The molecule has 0 aliphatic rings. The number of halogens is 2. The second kappa shape index (κ2) is 5.65. The van der Waals surface area contributed by atoms with Crippen LogP contribution in [0.4, 0.5) is 14.5 Å². The highest BCUT2D eigenvalue weighted by Crippen LogP contribution is 2.22. The van der Waals surface area contributed by atoms with E-state index in [1.54, 1.807) is 0 Å². The molecule has 2 aromatic carbocycles. The Bertz CT molecular complexity index is 887. The minimum absolute atomic E-state index is 0.00693. The molecule has 1 N–H and O–H groups in total. The van der Waals surface area contributed by atoms with Crippen molar-refractivity contribution in [1.29, 1.82) is 0 Å². The maximum absolute atomic E-state index is 13.5. The molecular formula is C13H11F2NO4S2. The molecule has 0 saturated heterocycles. The van der Waals surface area contributed by atoms with E-state index >= 15 is 0 Å². The van der Waals surface area contributed by atoms with Crippen LogP contribution in [0.5, 0.6) is 0 Å². The maximum Gasteiger partial charge on any atom is 0.267 e. The van der Waals surface area contributed by atoms with Crippen molar-refractivity contribution < 1.29 is 25.6 Å². The molecule has 0 aliphatic carbocycles. The fourth-order valence-electron chi connectivity index (χ4n) is 1.72. The number of hydrogen-bond acceptors (Lipinski definition) is 4. The van der Waals surface area contributed by atoms with E-state index in [1.165, 1.54) is 24.3 Å². The molecule has 0 aromatic heterocycles. The largest absolute Gasteiger partial charge is 0.279 e. The lowest BCUT2D eigenvalue weighted by Gasteiger charge is -2.10. The van der Waals surface area contributed by atoms with Crippen molar-refractivity contribution in [2.24, 2.45) is 0 Å². The molecule has 2 aromatic rings. The summed E-state index contributed by atoms with van der Waals surface area (Å²) in [6, 6.07) is 7.44. The summed E-state index contributed by atoms with van der Waals surface area (Å²) in [5, 5.41) is 0. The third-order valence-electron chi connectivity index (χ3n) is 2.72. The van der Waals surface area contributed by atoms with Crippen molar-refractivity contribution in [1.82, 2.24) is 0 Å². The molecule has 0 amide bonds. The standard InChI is InChI=1S/C13H11F2NO4S2/c1-21(17,18)10-7-5-9(6-8-10)16-22(19,20)13-11(14)3-2-4-12(13)15/h2-8,16H,1H3. The van der Waals surface area contributed by atoms with Crippen LogP contribution in [0.25, 0.3) is 0 Å². The summed E-state index contributed by atoms with van der Waals surface area (Å²) in [4.78, 5) is -1.10. The summed E-state index contributed by atoms with van der Waals surface area (Å²) >= 11 is 0. The number of sulfone groups is 1. The first-order valence-corrected chi connectivity index (χ1v) is 9.26. The minimum Gasteiger partial charge on any atom is -0.279 e. The normalized spacial score (nSPS) is 12.1. The van der Waals surface area contributed by atoms with E-state index in [1.807, 2.05) is 4.72 Å². The van der Waals surface area contributed by atoms with Crippen molar-refractivity contribution in [3.8, 4) is 0 Å². The Morgan fingerprint density at radius 1 is 0.864 bits per heavy atom. The van der Waals surface area contributed by atoms with Crippen molar-refractivity contribution in [3.63, 3.8) is 0 Å². The van der Waals surface area contributed by atoms with E-state index in [0.29, 0.717) is 0 Å². The first-order valence-electron chi connectivity index (χ1n) is 5.88. The van der Waals surface area contributed by atoms with Crippen LogP contribution in [0.3, 0.4) is 0 Å². The quantitative estimate of drug-likeness (QED) is 0.919. The zero-order chi connectivity index (χ0) is 16.5. The van der Waals surface area contributed by atoms with E-state index in [2.05, 4.69) is 0 Å². The Morgan fingerprint density at radius 3 is 1.82 bits per heavy atom. The van der Waals surface area contributed by atoms with Gasteiger partial charge in [-0.2, -0.15) is 0 Å². The predicted molar refractivity (Wildman–Crippen MR) is 76.7 cm³/mol. The van der Waals surface area contributed by atoms with Crippen molar-refractivity contribution in [3.05, 3.63) is 54.1 Å². The molecule has 0 aliphatic heterocycles. The van der Waals surface area contributed by atoms with E-state index in [4.69, 9.17) is 0 Å². The molecule has 22 heavy (non-hydrogen) atoms. The first kappa shape index (κ1) is 16.4. The van der Waals surface area contributed by atoms with Gasteiger partial charge < -0.3 is 0 Å². The van der Waals surface area contributed by atoms with Crippen LogP contribution in [0.1, 0.15) is 0 Å². The van der Waals surface area contributed by atoms with Gasteiger partial charge in [-0.05, 0) is 36.4 Å². The zero-order valence-corrected chi connectivity index (χ0v) is 12.9. The number of sulfonamides is 1. The van der Waals surface area contributed by atoms with Gasteiger partial charge in [-0.25, -0.2) is 25.6 Å². The van der Waals surface area contributed by atoms with Gasteiger partial charge >= 0.3 is 0 Å². The van der Waals surface area contributed by atoms with Gasteiger partial charge in [0.1, 0.15) is 11.6 Å². The number of anilines is 1. The van der Waals surface area contributed by atoms with E-state index < -0.39 is 36.4 Å². The minimum atomic E-state index is -4.47. The highest BCUT2D eigenvalue weighted by Gasteiger charge is 2.23. The van der Waals surface area contributed by atoms with Gasteiger partial charge in [0, 0.05) is 11.9 Å².